The first-order chi connectivity index (χ1) is 10.2. The number of carbonyl (C=O) groups is 1. The number of hydrogen-bond donors (Lipinski definition) is 1. The maximum absolute atomic E-state index is 12.2. The Bertz CT molecular complexity index is 448. The molecule has 1 aliphatic heterocycles. The fourth-order valence-electron chi connectivity index (χ4n) is 2.45. The van der Waals surface area contributed by atoms with Crippen molar-refractivity contribution in [3.05, 3.63) is 24.3 Å². The molecule has 0 bridgehead atoms. The third-order valence-electron chi connectivity index (χ3n) is 3.75. The topological polar surface area (TPSA) is 41.6 Å². The van der Waals surface area contributed by atoms with Crippen molar-refractivity contribution in [2.24, 2.45) is 0 Å². The summed E-state index contributed by atoms with van der Waals surface area (Å²) in [6.45, 7) is 4.38. The Labute approximate surface area is 143 Å². The van der Waals surface area contributed by atoms with E-state index in [-0.39, 0.29) is 18.3 Å². The Morgan fingerprint density at radius 1 is 1.32 bits per heavy atom. The zero-order chi connectivity index (χ0) is 15.1. The number of piperidine rings is 1. The molecule has 0 atom stereocenters. The van der Waals surface area contributed by atoms with Crippen LogP contribution in [-0.2, 0) is 4.79 Å². The zero-order valence-corrected chi connectivity index (χ0v) is 14.8. The quantitative estimate of drug-likeness (QED) is 0.806. The number of ether oxygens (including phenoxy) is 1. The molecular formula is C16H25ClN2O2S. The standard InChI is InChI=1S/C16H24N2O2S.ClH/c1-3-20-14-4-6-15(7-5-14)21-12-16(19)18-10-8-13(17-2)9-11-18;/h4-7,13,17H,3,8-12H2,1-2H3;1H. The van der Waals surface area contributed by atoms with Crippen LogP contribution in [0.5, 0.6) is 5.75 Å². The van der Waals surface area contributed by atoms with Gasteiger partial charge in [-0.1, -0.05) is 0 Å². The van der Waals surface area contributed by atoms with Crippen molar-refractivity contribution < 1.29 is 9.53 Å². The number of thioether (sulfide) groups is 1. The maximum Gasteiger partial charge on any atom is 0.232 e. The van der Waals surface area contributed by atoms with Crippen LogP contribution in [0.1, 0.15) is 19.8 Å². The molecule has 1 saturated heterocycles. The highest BCUT2D eigenvalue weighted by molar-refractivity contribution is 8.00. The van der Waals surface area contributed by atoms with E-state index in [1.807, 2.05) is 43.1 Å². The summed E-state index contributed by atoms with van der Waals surface area (Å²) in [6.07, 6.45) is 2.10. The predicted molar refractivity (Wildman–Crippen MR) is 94.2 cm³/mol. The number of likely N-dealkylation sites (tertiary alicyclic amines) is 1. The minimum absolute atomic E-state index is 0. The van der Waals surface area contributed by atoms with Crippen LogP contribution in [0.15, 0.2) is 29.2 Å². The second-order valence-corrected chi connectivity index (χ2v) is 6.19. The first kappa shape index (κ1) is 19.1. The molecular weight excluding hydrogens is 320 g/mol. The summed E-state index contributed by atoms with van der Waals surface area (Å²) in [6, 6.07) is 8.49. The molecule has 4 nitrogen and oxygen atoms in total. The summed E-state index contributed by atoms with van der Waals surface area (Å²) >= 11 is 1.59. The van der Waals surface area contributed by atoms with Crippen molar-refractivity contribution in [1.82, 2.24) is 10.2 Å². The lowest BCUT2D eigenvalue weighted by molar-refractivity contribution is -0.129. The molecule has 1 aliphatic rings. The number of halogens is 1. The van der Waals surface area contributed by atoms with Gasteiger partial charge in [-0.3, -0.25) is 4.79 Å². The second-order valence-electron chi connectivity index (χ2n) is 5.14. The van der Waals surface area contributed by atoms with Crippen molar-refractivity contribution in [2.75, 3.05) is 32.5 Å². The van der Waals surface area contributed by atoms with E-state index in [1.165, 1.54) is 0 Å². The van der Waals surface area contributed by atoms with Crippen molar-refractivity contribution in [2.45, 2.75) is 30.7 Å². The van der Waals surface area contributed by atoms with Gasteiger partial charge in [-0.05, 0) is 51.1 Å². The average molecular weight is 345 g/mol. The number of benzene rings is 1. The van der Waals surface area contributed by atoms with Crippen LogP contribution in [0.3, 0.4) is 0 Å². The third-order valence-corrected chi connectivity index (χ3v) is 4.75. The molecule has 0 radical (unpaired) electrons. The van der Waals surface area contributed by atoms with Crippen LogP contribution < -0.4 is 10.1 Å². The Morgan fingerprint density at radius 2 is 1.95 bits per heavy atom. The molecule has 1 N–H and O–H groups in total. The minimum atomic E-state index is 0. The highest BCUT2D eigenvalue weighted by Gasteiger charge is 2.21. The van der Waals surface area contributed by atoms with Gasteiger partial charge in [-0.15, -0.1) is 24.2 Å². The monoisotopic (exact) mass is 344 g/mol. The summed E-state index contributed by atoms with van der Waals surface area (Å²) in [5.41, 5.74) is 0. The summed E-state index contributed by atoms with van der Waals surface area (Å²) in [4.78, 5) is 15.3. The van der Waals surface area contributed by atoms with E-state index in [4.69, 9.17) is 4.74 Å². The van der Waals surface area contributed by atoms with Crippen molar-refractivity contribution in [3.63, 3.8) is 0 Å². The number of carbonyl (C=O) groups excluding carboxylic acids is 1. The number of hydrogen-bond acceptors (Lipinski definition) is 4. The Kier molecular flexibility index (Phi) is 8.68. The molecule has 1 aromatic carbocycles. The van der Waals surface area contributed by atoms with Gasteiger partial charge in [0, 0.05) is 24.0 Å². The van der Waals surface area contributed by atoms with Crippen LogP contribution in [0, 0.1) is 0 Å². The fourth-order valence-corrected chi connectivity index (χ4v) is 3.25. The summed E-state index contributed by atoms with van der Waals surface area (Å²) < 4.78 is 5.41. The number of nitrogens with one attached hydrogen (secondary N) is 1. The third kappa shape index (κ3) is 5.71. The van der Waals surface area contributed by atoms with E-state index >= 15 is 0 Å². The van der Waals surface area contributed by atoms with Crippen LogP contribution in [0.4, 0.5) is 0 Å². The van der Waals surface area contributed by atoms with Gasteiger partial charge < -0.3 is 15.0 Å². The van der Waals surface area contributed by atoms with Gasteiger partial charge in [0.15, 0.2) is 0 Å². The Balaban J connectivity index is 0.00000242. The van der Waals surface area contributed by atoms with Gasteiger partial charge in [-0.2, -0.15) is 0 Å². The molecule has 1 aromatic rings. The molecule has 0 spiro atoms. The van der Waals surface area contributed by atoms with Gasteiger partial charge >= 0.3 is 0 Å². The number of rotatable bonds is 6. The molecule has 22 heavy (non-hydrogen) atoms. The molecule has 2 rings (SSSR count). The molecule has 0 unspecified atom stereocenters. The smallest absolute Gasteiger partial charge is 0.232 e. The highest BCUT2D eigenvalue weighted by atomic mass is 35.5. The minimum Gasteiger partial charge on any atom is -0.494 e. The van der Waals surface area contributed by atoms with E-state index < -0.39 is 0 Å². The van der Waals surface area contributed by atoms with Gasteiger partial charge in [0.1, 0.15) is 5.75 Å². The molecule has 6 heteroatoms. The Hall–Kier alpha value is -0.910. The zero-order valence-electron chi connectivity index (χ0n) is 13.2. The molecule has 0 aromatic heterocycles. The molecule has 1 fully saturated rings. The number of amides is 1. The van der Waals surface area contributed by atoms with E-state index in [0.29, 0.717) is 18.4 Å². The summed E-state index contributed by atoms with van der Waals surface area (Å²) in [5.74, 6) is 1.63. The molecule has 124 valence electrons. The molecule has 0 aliphatic carbocycles. The van der Waals surface area contributed by atoms with E-state index in [2.05, 4.69) is 5.32 Å². The molecule has 1 heterocycles. The van der Waals surface area contributed by atoms with Crippen LogP contribution in [0.25, 0.3) is 0 Å². The van der Waals surface area contributed by atoms with Gasteiger partial charge in [0.25, 0.3) is 0 Å². The van der Waals surface area contributed by atoms with Crippen molar-refractivity contribution >= 4 is 30.1 Å². The second kappa shape index (κ2) is 9.98. The SMILES string of the molecule is CCOc1ccc(SCC(=O)N2CCC(NC)CC2)cc1.Cl. The predicted octanol–water partition coefficient (Wildman–Crippen LogP) is 2.81. The van der Waals surface area contributed by atoms with Gasteiger partial charge in [0.05, 0.1) is 12.4 Å². The van der Waals surface area contributed by atoms with Crippen LogP contribution in [0.2, 0.25) is 0 Å². The first-order valence-electron chi connectivity index (χ1n) is 7.53. The largest absolute Gasteiger partial charge is 0.494 e. The van der Waals surface area contributed by atoms with Gasteiger partial charge in [-0.25, -0.2) is 0 Å². The summed E-state index contributed by atoms with van der Waals surface area (Å²) in [5, 5.41) is 3.28. The first-order valence-corrected chi connectivity index (χ1v) is 8.52. The lowest BCUT2D eigenvalue weighted by atomic mass is 10.1. The van der Waals surface area contributed by atoms with Crippen molar-refractivity contribution in [3.8, 4) is 5.75 Å². The maximum atomic E-state index is 12.2. The highest BCUT2D eigenvalue weighted by Crippen LogP contribution is 2.22. The van der Waals surface area contributed by atoms with Crippen LogP contribution in [-0.4, -0.2) is 49.3 Å². The lowest BCUT2D eigenvalue weighted by Crippen LogP contribution is -2.44. The summed E-state index contributed by atoms with van der Waals surface area (Å²) in [7, 11) is 1.99. The molecule has 0 saturated carbocycles. The fraction of sp³-hybridized carbons (Fsp3) is 0.562. The van der Waals surface area contributed by atoms with Gasteiger partial charge in [0.2, 0.25) is 5.91 Å². The van der Waals surface area contributed by atoms with E-state index in [1.54, 1.807) is 11.8 Å². The van der Waals surface area contributed by atoms with Crippen molar-refractivity contribution in [1.29, 1.82) is 0 Å². The average Bonchev–Trinajstić information content (AvgIpc) is 2.54. The normalized spacial score (nSPS) is 15.3. The lowest BCUT2D eigenvalue weighted by Gasteiger charge is -2.31. The Morgan fingerprint density at radius 3 is 2.50 bits per heavy atom. The number of nitrogens with zero attached hydrogens (tertiary/aromatic N) is 1. The van der Waals surface area contributed by atoms with E-state index in [9.17, 15) is 4.79 Å². The van der Waals surface area contributed by atoms with Crippen LogP contribution >= 0.6 is 24.2 Å². The van der Waals surface area contributed by atoms with E-state index in [0.717, 1.165) is 36.6 Å². The molecule has 1 amide bonds.